The molecule has 36 heavy (non-hydrogen) atoms. The van der Waals surface area contributed by atoms with E-state index in [2.05, 4.69) is 0 Å². The summed E-state index contributed by atoms with van der Waals surface area (Å²) < 4.78 is 91.5. The summed E-state index contributed by atoms with van der Waals surface area (Å²) in [6, 6.07) is 6.16. The van der Waals surface area contributed by atoms with E-state index in [1.165, 1.54) is 7.11 Å². The average Bonchev–Trinajstić information content (AvgIpc) is 2.77. The smallest absolute Gasteiger partial charge is 0.416 e. The highest BCUT2D eigenvalue weighted by Crippen LogP contribution is 2.45. The Hall–Kier alpha value is -3.11. The van der Waals surface area contributed by atoms with Crippen LogP contribution in [0.2, 0.25) is 0 Å². The van der Waals surface area contributed by atoms with Crippen LogP contribution in [0.5, 0.6) is 5.75 Å². The Kier molecular flexibility index (Phi) is 9.14. The van der Waals surface area contributed by atoms with Crippen molar-refractivity contribution >= 4 is 11.8 Å². The van der Waals surface area contributed by atoms with E-state index in [0.717, 1.165) is 0 Å². The van der Waals surface area contributed by atoms with E-state index in [1.54, 1.807) is 18.2 Å². The minimum Gasteiger partial charge on any atom is -0.497 e. The van der Waals surface area contributed by atoms with Crippen molar-refractivity contribution in [3.8, 4) is 5.75 Å². The number of alkyl halides is 6. The van der Waals surface area contributed by atoms with Crippen molar-refractivity contribution in [1.82, 2.24) is 0 Å². The van der Waals surface area contributed by atoms with Crippen molar-refractivity contribution in [2.24, 2.45) is 5.73 Å². The fourth-order valence-electron chi connectivity index (χ4n) is 4.72. The van der Waals surface area contributed by atoms with E-state index in [1.807, 2.05) is 13.8 Å². The van der Waals surface area contributed by atoms with Gasteiger partial charge in [0.2, 0.25) is 0 Å². The molecule has 0 saturated carbocycles. The molecule has 0 bridgehead atoms. The molecule has 2 rings (SSSR count). The highest BCUT2D eigenvalue weighted by atomic mass is 19.4. The highest BCUT2D eigenvalue weighted by molar-refractivity contribution is 5.65. The van der Waals surface area contributed by atoms with E-state index in [-0.39, 0.29) is 11.6 Å². The van der Waals surface area contributed by atoms with Gasteiger partial charge in [-0.1, -0.05) is 26.7 Å². The Morgan fingerprint density at radius 1 is 0.917 bits per heavy atom. The van der Waals surface area contributed by atoms with Gasteiger partial charge in [0.15, 0.2) is 0 Å². The molecule has 0 fully saturated rings. The van der Waals surface area contributed by atoms with Gasteiger partial charge in [0.1, 0.15) is 11.9 Å². The number of halogens is 6. The first-order valence-corrected chi connectivity index (χ1v) is 11.4. The van der Waals surface area contributed by atoms with Gasteiger partial charge in [-0.15, -0.1) is 0 Å². The maximum absolute atomic E-state index is 13.5. The molecule has 200 valence electrons. The zero-order valence-electron chi connectivity index (χ0n) is 20.2. The molecule has 1 amide bonds. The molecule has 2 aromatic carbocycles. The number of nitrogen functional groups attached to an aromatic ring is 1. The molecule has 11 heteroatoms. The molecule has 0 spiro atoms. The number of anilines is 1. The van der Waals surface area contributed by atoms with Gasteiger partial charge in [0, 0.05) is 17.5 Å². The summed E-state index contributed by atoms with van der Waals surface area (Å²) in [6.07, 6.45) is -11.1. The number of hydrogen-bond donors (Lipinski definition) is 2. The van der Waals surface area contributed by atoms with E-state index in [9.17, 15) is 31.1 Å². The van der Waals surface area contributed by atoms with Gasteiger partial charge in [0.05, 0.1) is 18.2 Å². The Morgan fingerprint density at radius 3 is 1.86 bits per heavy atom. The first-order valence-electron chi connectivity index (χ1n) is 11.4. The normalized spacial score (nSPS) is 13.4. The summed E-state index contributed by atoms with van der Waals surface area (Å²) >= 11 is 0. The third-order valence-corrected chi connectivity index (χ3v) is 6.13. The molecule has 4 N–H and O–H groups in total. The number of benzene rings is 2. The largest absolute Gasteiger partial charge is 0.497 e. The molecule has 0 radical (unpaired) electrons. The lowest BCUT2D eigenvalue weighted by atomic mass is 9.67. The van der Waals surface area contributed by atoms with E-state index in [4.69, 9.17) is 20.9 Å². The number of carbonyl (C=O) groups excluding carboxylic acids is 1. The second kappa shape index (κ2) is 11.3. The lowest BCUT2D eigenvalue weighted by molar-refractivity contribution is -0.143. The number of methoxy groups -OCH3 is 1. The third-order valence-electron chi connectivity index (χ3n) is 6.13. The Bertz CT molecular complexity index is 1010. The summed E-state index contributed by atoms with van der Waals surface area (Å²) in [5.74, 6) is 0.437. The number of ether oxygens (including phenoxy) is 2. The van der Waals surface area contributed by atoms with Crippen molar-refractivity contribution in [2.75, 3.05) is 12.8 Å². The second-order valence-corrected chi connectivity index (χ2v) is 8.65. The summed E-state index contributed by atoms with van der Waals surface area (Å²) in [4.78, 5) is 11.9. The monoisotopic (exact) mass is 520 g/mol. The van der Waals surface area contributed by atoms with Gasteiger partial charge in [-0.3, -0.25) is 0 Å². The molecule has 0 aliphatic heterocycles. The summed E-state index contributed by atoms with van der Waals surface area (Å²) in [6.45, 7) is 3.71. The minimum atomic E-state index is -5.02. The van der Waals surface area contributed by atoms with Crippen LogP contribution in [-0.4, -0.2) is 19.3 Å². The molecule has 0 aliphatic rings. The van der Waals surface area contributed by atoms with Crippen molar-refractivity contribution < 1.29 is 40.6 Å². The molecule has 0 saturated heterocycles. The zero-order chi connectivity index (χ0) is 27.3. The lowest BCUT2D eigenvalue weighted by Gasteiger charge is -2.41. The Balaban J connectivity index is 2.79. The lowest BCUT2D eigenvalue weighted by Crippen LogP contribution is -2.45. The fraction of sp³-hybridized carbons (Fsp3) is 0.480. The summed E-state index contributed by atoms with van der Waals surface area (Å²) in [5.41, 5.74) is 8.17. The number of nitrogens with two attached hydrogens (primary N) is 2. The molecule has 0 aliphatic carbocycles. The van der Waals surface area contributed by atoms with Crippen LogP contribution in [0.1, 0.15) is 61.8 Å². The van der Waals surface area contributed by atoms with Crippen LogP contribution in [0.25, 0.3) is 0 Å². The van der Waals surface area contributed by atoms with Crippen LogP contribution in [0.15, 0.2) is 36.4 Å². The molecule has 1 unspecified atom stereocenters. The zero-order valence-corrected chi connectivity index (χ0v) is 20.2. The summed E-state index contributed by atoms with van der Waals surface area (Å²) in [5, 5.41) is 0. The maximum Gasteiger partial charge on any atom is 0.416 e. The second-order valence-electron chi connectivity index (χ2n) is 8.65. The van der Waals surface area contributed by atoms with Gasteiger partial charge < -0.3 is 20.9 Å². The number of hydrogen-bond acceptors (Lipinski definition) is 4. The maximum atomic E-state index is 13.5. The number of primary amides is 1. The van der Waals surface area contributed by atoms with Crippen molar-refractivity contribution in [3.05, 3.63) is 58.7 Å². The van der Waals surface area contributed by atoms with Gasteiger partial charge in [-0.2, -0.15) is 26.3 Å². The SMILES string of the molecule is CCCC(CCC)(c1cc(OC)ccc1N)C(Cc1cc(C(F)(F)F)cc(C(F)(F)F)c1)OC(N)=O. The fourth-order valence-corrected chi connectivity index (χ4v) is 4.72. The highest BCUT2D eigenvalue weighted by Gasteiger charge is 2.44. The Labute approximate surface area is 205 Å². The predicted octanol–water partition coefficient (Wildman–Crippen LogP) is 6.86. The van der Waals surface area contributed by atoms with Crippen LogP contribution >= 0.6 is 0 Å². The molecular weight excluding hydrogens is 490 g/mol. The molecule has 5 nitrogen and oxygen atoms in total. The van der Waals surface area contributed by atoms with Crippen molar-refractivity contribution in [2.45, 2.75) is 69.8 Å². The van der Waals surface area contributed by atoms with Crippen molar-refractivity contribution in [1.29, 1.82) is 0 Å². The van der Waals surface area contributed by atoms with Gasteiger partial charge >= 0.3 is 18.4 Å². The van der Waals surface area contributed by atoms with Crippen LogP contribution in [0.3, 0.4) is 0 Å². The molecule has 0 heterocycles. The predicted molar refractivity (Wildman–Crippen MR) is 124 cm³/mol. The van der Waals surface area contributed by atoms with Gasteiger partial charge in [0.25, 0.3) is 0 Å². The van der Waals surface area contributed by atoms with E-state index in [0.29, 0.717) is 54.8 Å². The van der Waals surface area contributed by atoms with Crippen LogP contribution < -0.4 is 16.2 Å². The van der Waals surface area contributed by atoms with Gasteiger partial charge in [-0.25, -0.2) is 4.79 Å². The number of carbonyl (C=O) groups is 1. The van der Waals surface area contributed by atoms with Gasteiger partial charge in [-0.05, 0) is 60.4 Å². The minimum absolute atomic E-state index is 0.0544. The molecule has 0 aromatic heterocycles. The first kappa shape index (κ1) is 29.1. The average molecular weight is 521 g/mol. The van der Waals surface area contributed by atoms with E-state index >= 15 is 0 Å². The molecule has 1 atom stereocenters. The van der Waals surface area contributed by atoms with Crippen LogP contribution in [0.4, 0.5) is 36.8 Å². The standard InChI is InChI=1S/C25H30F6N2O3/c1-4-8-23(9-5-2,19-14-18(35-3)6-7-20(19)32)21(36-22(33)34)12-15-10-16(24(26,27)28)13-17(11-15)25(29,30)31/h6-7,10-11,13-14,21H,4-5,8-9,12,32H2,1-3H3,(H2,33,34). The topological polar surface area (TPSA) is 87.6 Å². The van der Waals surface area contributed by atoms with Crippen LogP contribution in [-0.2, 0) is 28.9 Å². The first-order chi connectivity index (χ1) is 16.7. The molecular formula is C25H30F6N2O3. The van der Waals surface area contributed by atoms with E-state index < -0.39 is 47.5 Å². The molecule has 2 aromatic rings. The van der Waals surface area contributed by atoms with Crippen molar-refractivity contribution in [3.63, 3.8) is 0 Å². The third kappa shape index (κ3) is 6.76. The summed E-state index contributed by atoms with van der Waals surface area (Å²) in [7, 11) is 1.44. The Morgan fingerprint density at radius 2 is 1.44 bits per heavy atom. The van der Waals surface area contributed by atoms with Crippen LogP contribution in [0, 0.1) is 0 Å². The number of rotatable bonds is 10. The number of amides is 1. The quantitative estimate of drug-likeness (QED) is 0.265.